The first-order chi connectivity index (χ1) is 11.5. The van der Waals surface area contributed by atoms with E-state index in [1.807, 2.05) is 31.2 Å². The number of rotatable bonds is 4. The van der Waals surface area contributed by atoms with Crippen LogP contribution >= 0.6 is 0 Å². The zero-order valence-corrected chi connectivity index (χ0v) is 13.4. The van der Waals surface area contributed by atoms with E-state index in [0.717, 1.165) is 16.0 Å². The van der Waals surface area contributed by atoms with Crippen LogP contribution in [0.1, 0.15) is 27.9 Å². The number of benzene rings is 2. The molecule has 2 aromatic carbocycles. The van der Waals surface area contributed by atoms with Crippen molar-refractivity contribution in [3.63, 3.8) is 0 Å². The minimum Gasteiger partial charge on any atom is -0.326 e. The first-order valence-corrected chi connectivity index (χ1v) is 7.84. The fourth-order valence-electron chi connectivity index (χ4n) is 2.79. The van der Waals surface area contributed by atoms with Crippen molar-refractivity contribution in [2.24, 2.45) is 0 Å². The third-order valence-corrected chi connectivity index (χ3v) is 4.00. The molecule has 0 atom stereocenters. The van der Waals surface area contributed by atoms with Crippen LogP contribution in [0.15, 0.2) is 48.5 Å². The van der Waals surface area contributed by atoms with Gasteiger partial charge in [-0.05, 0) is 36.2 Å². The molecule has 24 heavy (non-hydrogen) atoms. The number of carbonyl (C=O) groups is 3. The van der Waals surface area contributed by atoms with Gasteiger partial charge in [-0.15, -0.1) is 0 Å². The summed E-state index contributed by atoms with van der Waals surface area (Å²) in [6.07, 6.45) is 0.273. The predicted octanol–water partition coefficient (Wildman–Crippen LogP) is 2.55. The number of imide groups is 1. The van der Waals surface area contributed by atoms with Gasteiger partial charge in [0.15, 0.2) is 0 Å². The molecule has 0 radical (unpaired) electrons. The smallest absolute Gasteiger partial charge is 0.260 e. The molecule has 0 saturated carbocycles. The highest BCUT2D eigenvalue weighted by molar-refractivity contribution is 6.10. The molecule has 5 nitrogen and oxygen atoms in total. The lowest BCUT2D eigenvalue weighted by Crippen LogP contribution is -2.43. The molecule has 0 unspecified atom stereocenters. The van der Waals surface area contributed by atoms with Crippen molar-refractivity contribution >= 4 is 23.4 Å². The van der Waals surface area contributed by atoms with Gasteiger partial charge in [0, 0.05) is 24.2 Å². The largest absolute Gasteiger partial charge is 0.326 e. The molecule has 0 bridgehead atoms. The maximum absolute atomic E-state index is 12.4. The van der Waals surface area contributed by atoms with Crippen molar-refractivity contribution in [2.75, 3.05) is 11.9 Å². The molecule has 0 aromatic heterocycles. The Labute approximate surface area is 140 Å². The van der Waals surface area contributed by atoms with Crippen molar-refractivity contribution in [1.29, 1.82) is 0 Å². The average molecular weight is 322 g/mol. The van der Waals surface area contributed by atoms with E-state index < -0.39 is 0 Å². The Balaban J connectivity index is 1.63. The van der Waals surface area contributed by atoms with Gasteiger partial charge in [0.1, 0.15) is 0 Å². The Morgan fingerprint density at radius 1 is 1.12 bits per heavy atom. The monoisotopic (exact) mass is 322 g/mol. The molecule has 5 heteroatoms. The van der Waals surface area contributed by atoms with Gasteiger partial charge < -0.3 is 5.32 Å². The second kappa shape index (κ2) is 6.66. The van der Waals surface area contributed by atoms with Crippen molar-refractivity contribution in [3.8, 4) is 0 Å². The third kappa shape index (κ3) is 3.35. The molecule has 3 rings (SSSR count). The van der Waals surface area contributed by atoms with E-state index in [0.29, 0.717) is 11.3 Å². The van der Waals surface area contributed by atoms with Crippen LogP contribution in [0.4, 0.5) is 5.69 Å². The SMILES string of the molecule is Cc1cccc(NC(=O)CCN2C(=O)Cc3ccccc3C2=O)c1. The maximum atomic E-state index is 12.4. The minimum atomic E-state index is -0.329. The summed E-state index contributed by atoms with van der Waals surface area (Å²) in [5, 5.41) is 2.78. The summed E-state index contributed by atoms with van der Waals surface area (Å²) in [5.41, 5.74) is 3.04. The number of anilines is 1. The van der Waals surface area contributed by atoms with E-state index in [4.69, 9.17) is 0 Å². The molecular formula is C19H18N2O3. The second-order valence-corrected chi connectivity index (χ2v) is 5.85. The summed E-state index contributed by atoms with van der Waals surface area (Å²) >= 11 is 0. The van der Waals surface area contributed by atoms with Gasteiger partial charge in [-0.3, -0.25) is 19.3 Å². The number of hydrogen-bond donors (Lipinski definition) is 1. The van der Waals surface area contributed by atoms with Gasteiger partial charge in [0.05, 0.1) is 6.42 Å². The maximum Gasteiger partial charge on any atom is 0.260 e. The van der Waals surface area contributed by atoms with Crippen molar-refractivity contribution in [3.05, 3.63) is 65.2 Å². The van der Waals surface area contributed by atoms with E-state index in [1.54, 1.807) is 24.3 Å². The van der Waals surface area contributed by atoms with Crippen LogP contribution in [0.2, 0.25) is 0 Å². The Morgan fingerprint density at radius 3 is 2.71 bits per heavy atom. The summed E-state index contributed by atoms with van der Waals surface area (Å²) in [6, 6.07) is 14.6. The Morgan fingerprint density at radius 2 is 1.92 bits per heavy atom. The molecule has 0 spiro atoms. The molecule has 1 heterocycles. The molecule has 2 aromatic rings. The molecule has 0 saturated heterocycles. The lowest BCUT2D eigenvalue weighted by atomic mass is 9.98. The van der Waals surface area contributed by atoms with Gasteiger partial charge >= 0.3 is 0 Å². The van der Waals surface area contributed by atoms with Crippen LogP contribution < -0.4 is 5.32 Å². The third-order valence-electron chi connectivity index (χ3n) is 4.00. The first kappa shape index (κ1) is 15.9. The standard InChI is InChI=1S/C19H18N2O3/c1-13-5-4-7-15(11-13)20-17(22)9-10-21-18(23)12-14-6-2-3-8-16(14)19(21)24/h2-8,11H,9-10,12H2,1H3,(H,20,22). The Bertz CT molecular complexity index is 814. The quantitative estimate of drug-likeness (QED) is 0.880. The Hall–Kier alpha value is -2.95. The van der Waals surface area contributed by atoms with Gasteiger partial charge in [-0.2, -0.15) is 0 Å². The zero-order valence-electron chi connectivity index (χ0n) is 13.4. The van der Waals surface area contributed by atoms with Crippen LogP contribution in [-0.2, 0) is 16.0 Å². The van der Waals surface area contributed by atoms with Crippen LogP contribution in [0, 0.1) is 6.92 Å². The highest BCUT2D eigenvalue weighted by Crippen LogP contribution is 2.20. The number of fused-ring (bicyclic) bond motifs is 1. The summed E-state index contributed by atoms with van der Waals surface area (Å²) in [4.78, 5) is 37.8. The number of nitrogens with one attached hydrogen (secondary N) is 1. The number of aryl methyl sites for hydroxylation is 1. The zero-order chi connectivity index (χ0) is 17.1. The van der Waals surface area contributed by atoms with Crippen LogP contribution in [0.5, 0.6) is 0 Å². The molecular weight excluding hydrogens is 304 g/mol. The van der Waals surface area contributed by atoms with Crippen LogP contribution in [-0.4, -0.2) is 29.2 Å². The van der Waals surface area contributed by atoms with Crippen LogP contribution in [0.3, 0.4) is 0 Å². The van der Waals surface area contributed by atoms with Crippen LogP contribution in [0.25, 0.3) is 0 Å². The topological polar surface area (TPSA) is 66.5 Å². The van der Waals surface area contributed by atoms with Gasteiger partial charge in [0.2, 0.25) is 11.8 Å². The van der Waals surface area contributed by atoms with Gasteiger partial charge in [0.25, 0.3) is 5.91 Å². The van der Waals surface area contributed by atoms with E-state index in [9.17, 15) is 14.4 Å². The number of carbonyl (C=O) groups excluding carboxylic acids is 3. The molecule has 1 aliphatic heterocycles. The lowest BCUT2D eigenvalue weighted by molar-refractivity contribution is -0.128. The number of hydrogen-bond acceptors (Lipinski definition) is 3. The molecule has 0 fully saturated rings. The first-order valence-electron chi connectivity index (χ1n) is 7.84. The highest BCUT2D eigenvalue weighted by Gasteiger charge is 2.30. The predicted molar refractivity (Wildman–Crippen MR) is 90.6 cm³/mol. The van der Waals surface area contributed by atoms with Crippen molar-refractivity contribution < 1.29 is 14.4 Å². The van der Waals surface area contributed by atoms with Crippen molar-refractivity contribution in [1.82, 2.24) is 4.90 Å². The molecule has 3 amide bonds. The fraction of sp³-hybridized carbons (Fsp3) is 0.211. The lowest BCUT2D eigenvalue weighted by Gasteiger charge is -2.26. The fourth-order valence-corrected chi connectivity index (χ4v) is 2.79. The Kier molecular flexibility index (Phi) is 4.42. The van der Waals surface area contributed by atoms with E-state index in [-0.39, 0.29) is 37.1 Å². The summed E-state index contributed by atoms with van der Waals surface area (Å²) < 4.78 is 0. The van der Waals surface area contributed by atoms with E-state index in [2.05, 4.69) is 5.32 Å². The van der Waals surface area contributed by atoms with Gasteiger partial charge in [-0.25, -0.2) is 0 Å². The average Bonchev–Trinajstić information content (AvgIpc) is 2.54. The molecule has 0 aliphatic carbocycles. The number of amides is 3. The normalized spacial score (nSPS) is 13.6. The summed E-state index contributed by atoms with van der Waals surface area (Å²) in [5.74, 6) is -0.813. The van der Waals surface area contributed by atoms with E-state index in [1.165, 1.54) is 0 Å². The molecule has 1 aliphatic rings. The summed E-state index contributed by atoms with van der Waals surface area (Å²) in [6.45, 7) is 2.03. The number of nitrogens with zero attached hydrogens (tertiary/aromatic N) is 1. The van der Waals surface area contributed by atoms with Gasteiger partial charge in [-0.1, -0.05) is 30.3 Å². The summed E-state index contributed by atoms with van der Waals surface area (Å²) in [7, 11) is 0. The van der Waals surface area contributed by atoms with Crippen molar-refractivity contribution in [2.45, 2.75) is 19.8 Å². The van der Waals surface area contributed by atoms with E-state index >= 15 is 0 Å². The second-order valence-electron chi connectivity index (χ2n) is 5.85. The highest BCUT2D eigenvalue weighted by atomic mass is 16.2. The molecule has 1 N–H and O–H groups in total. The minimum absolute atomic E-state index is 0.0770. The molecule has 122 valence electrons.